The summed E-state index contributed by atoms with van der Waals surface area (Å²) in [5.74, 6) is 0.698. The van der Waals surface area contributed by atoms with Crippen molar-refractivity contribution in [3.05, 3.63) is 83.7 Å². The Morgan fingerprint density at radius 2 is 1.62 bits per heavy atom. The van der Waals surface area contributed by atoms with Crippen LogP contribution in [-0.2, 0) is 22.5 Å². The smallest absolute Gasteiger partial charge is 0.312 e. The highest BCUT2D eigenvalue weighted by Crippen LogP contribution is 2.37. The number of nitrogens with zero attached hydrogens (tertiary/aromatic N) is 3. The molecule has 0 unspecified atom stereocenters. The van der Waals surface area contributed by atoms with Crippen molar-refractivity contribution >= 4 is 5.97 Å². The molecule has 1 saturated heterocycles. The van der Waals surface area contributed by atoms with Crippen LogP contribution in [0, 0.1) is 12.3 Å². The van der Waals surface area contributed by atoms with Gasteiger partial charge >= 0.3 is 5.97 Å². The van der Waals surface area contributed by atoms with Gasteiger partial charge in [0.1, 0.15) is 0 Å². The molecule has 0 aliphatic carbocycles. The molecule has 0 spiro atoms. The lowest BCUT2D eigenvalue weighted by atomic mass is 9.73. The molecule has 2 aromatic carbocycles. The summed E-state index contributed by atoms with van der Waals surface area (Å²) in [6, 6.07) is 18.4. The van der Waals surface area contributed by atoms with Crippen LogP contribution < -0.4 is 0 Å². The number of carbonyl (C=O) groups excluding carboxylic acids is 1. The van der Waals surface area contributed by atoms with Gasteiger partial charge in [0.2, 0.25) is 0 Å². The predicted octanol–water partition coefficient (Wildman–Crippen LogP) is 4.84. The number of likely N-dealkylation sites (tertiary alicyclic amines) is 1. The summed E-state index contributed by atoms with van der Waals surface area (Å²) in [7, 11) is 0. The maximum absolute atomic E-state index is 12.9. The SMILES string of the molecule is CCOC(=O)C1(Cc2ccccc2)CCN(Cc2cnc(-c3ccccc3C)nc2)CC1. The van der Waals surface area contributed by atoms with Crippen LogP contribution in [0.25, 0.3) is 11.4 Å². The first-order chi connectivity index (χ1) is 15.6. The average molecular weight is 430 g/mol. The molecule has 0 atom stereocenters. The molecule has 0 radical (unpaired) electrons. The first-order valence-corrected chi connectivity index (χ1v) is 11.4. The minimum absolute atomic E-state index is 0.0607. The standard InChI is InChI=1S/C27H31N3O2/c1-3-32-26(31)27(17-22-10-5-4-6-11-22)13-15-30(16-14-27)20-23-18-28-25(29-19-23)24-12-8-7-9-21(24)2/h4-12,18-19H,3,13-17,20H2,1-2H3. The molecule has 2 heterocycles. The number of carbonyl (C=O) groups is 1. The molecule has 4 rings (SSSR count). The van der Waals surface area contributed by atoms with E-state index in [1.807, 2.05) is 49.6 Å². The van der Waals surface area contributed by atoms with Gasteiger partial charge in [-0.05, 0) is 57.3 Å². The van der Waals surface area contributed by atoms with Gasteiger partial charge in [-0.15, -0.1) is 0 Å². The number of aromatic nitrogens is 2. The van der Waals surface area contributed by atoms with E-state index in [2.05, 4.69) is 46.1 Å². The van der Waals surface area contributed by atoms with Gasteiger partial charge in [-0.3, -0.25) is 9.69 Å². The third-order valence-electron chi connectivity index (χ3n) is 6.40. The highest BCUT2D eigenvalue weighted by atomic mass is 16.5. The molecule has 0 amide bonds. The van der Waals surface area contributed by atoms with Crippen LogP contribution in [0.3, 0.4) is 0 Å². The first kappa shape index (κ1) is 22.2. The Morgan fingerprint density at radius 1 is 0.969 bits per heavy atom. The van der Waals surface area contributed by atoms with E-state index in [4.69, 9.17) is 4.74 Å². The number of ether oxygens (including phenoxy) is 1. The Labute approximate surface area is 190 Å². The molecule has 3 aromatic rings. The van der Waals surface area contributed by atoms with E-state index < -0.39 is 5.41 Å². The summed E-state index contributed by atoms with van der Waals surface area (Å²) < 4.78 is 5.50. The second-order valence-electron chi connectivity index (χ2n) is 8.67. The van der Waals surface area contributed by atoms with Gasteiger partial charge in [-0.1, -0.05) is 54.6 Å². The van der Waals surface area contributed by atoms with Crippen molar-refractivity contribution in [3.8, 4) is 11.4 Å². The van der Waals surface area contributed by atoms with Gasteiger partial charge in [0.15, 0.2) is 5.82 Å². The third kappa shape index (κ3) is 5.05. The molecule has 1 aliphatic heterocycles. The van der Waals surface area contributed by atoms with Crippen molar-refractivity contribution in [2.24, 2.45) is 5.41 Å². The largest absolute Gasteiger partial charge is 0.466 e. The fourth-order valence-corrected chi connectivity index (χ4v) is 4.52. The minimum Gasteiger partial charge on any atom is -0.466 e. The molecule has 166 valence electrons. The van der Waals surface area contributed by atoms with E-state index in [1.54, 1.807) is 0 Å². The predicted molar refractivity (Wildman–Crippen MR) is 126 cm³/mol. The second-order valence-corrected chi connectivity index (χ2v) is 8.67. The number of benzene rings is 2. The molecule has 1 fully saturated rings. The Kier molecular flexibility index (Phi) is 6.96. The lowest BCUT2D eigenvalue weighted by molar-refractivity contribution is -0.158. The van der Waals surface area contributed by atoms with E-state index in [1.165, 1.54) is 11.1 Å². The Hall–Kier alpha value is -3.05. The molecular formula is C27H31N3O2. The Bertz CT molecular complexity index is 1030. The Balaban J connectivity index is 1.41. The summed E-state index contributed by atoms with van der Waals surface area (Å²) in [6.07, 6.45) is 6.17. The number of hydrogen-bond acceptors (Lipinski definition) is 5. The zero-order valence-corrected chi connectivity index (χ0v) is 19.0. The lowest BCUT2D eigenvalue weighted by Gasteiger charge is -2.40. The fraction of sp³-hybridized carbons (Fsp3) is 0.370. The van der Waals surface area contributed by atoms with Gasteiger partial charge in [0, 0.05) is 30.1 Å². The van der Waals surface area contributed by atoms with E-state index in [0.717, 1.165) is 55.8 Å². The zero-order valence-electron chi connectivity index (χ0n) is 19.0. The summed E-state index contributed by atoms with van der Waals surface area (Å²) >= 11 is 0. The maximum atomic E-state index is 12.9. The van der Waals surface area contributed by atoms with Crippen molar-refractivity contribution in [1.29, 1.82) is 0 Å². The average Bonchev–Trinajstić information content (AvgIpc) is 2.82. The van der Waals surface area contributed by atoms with Gasteiger partial charge in [-0.2, -0.15) is 0 Å². The van der Waals surface area contributed by atoms with Gasteiger partial charge < -0.3 is 4.74 Å². The highest BCUT2D eigenvalue weighted by Gasteiger charge is 2.42. The normalized spacial score (nSPS) is 15.9. The number of hydrogen-bond donors (Lipinski definition) is 0. The molecule has 1 aliphatic rings. The summed E-state index contributed by atoms with van der Waals surface area (Å²) in [5, 5.41) is 0. The van der Waals surface area contributed by atoms with Gasteiger partial charge in [0.25, 0.3) is 0 Å². The molecule has 1 aromatic heterocycles. The summed E-state index contributed by atoms with van der Waals surface area (Å²) in [6.45, 7) is 6.87. The van der Waals surface area contributed by atoms with Crippen LogP contribution in [0.15, 0.2) is 67.0 Å². The summed E-state index contributed by atoms with van der Waals surface area (Å²) in [5.41, 5.74) is 4.07. The van der Waals surface area contributed by atoms with Gasteiger partial charge in [-0.25, -0.2) is 9.97 Å². The number of aryl methyl sites for hydroxylation is 1. The second kappa shape index (κ2) is 10.0. The summed E-state index contributed by atoms with van der Waals surface area (Å²) in [4.78, 5) is 24.5. The molecule has 5 heteroatoms. The molecular weight excluding hydrogens is 398 g/mol. The third-order valence-corrected chi connectivity index (χ3v) is 6.40. The van der Waals surface area contributed by atoms with Crippen molar-refractivity contribution in [2.45, 2.75) is 39.7 Å². The molecule has 0 saturated carbocycles. The molecule has 0 bridgehead atoms. The fourth-order valence-electron chi connectivity index (χ4n) is 4.52. The quantitative estimate of drug-likeness (QED) is 0.503. The maximum Gasteiger partial charge on any atom is 0.312 e. The van der Waals surface area contributed by atoms with Crippen LogP contribution in [0.1, 0.15) is 36.5 Å². The van der Waals surface area contributed by atoms with Crippen LogP contribution in [0.5, 0.6) is 0 Å². The number of rotatable bonds is 7. The highest BCUT2D eigenvalue weighted by molar-refractivity contribution is 5.77. The van der Waals surface area contributed by atoms with Crippen LogP contribution >= 0.6 is 0 Å². The van der Waals surface area contributed by atoms with E-state index in [9.17, 15) is 4.79 Å². The monoisotopic (exact) mass is 429 g/mol. The van der Waals surface area contributed by atoms with Crippen LogP contribution in [0.2, 0.25) is 0 Å². The van der Waals surface area contributed by atoms with E-state index in [0.29, 0.717) is 6.61 Å². The van der Waals surface area contributed by atoms with Crippen LogP contribution in [0.4, 0.5) is 0 Å². The topological polar surface area (TPSA) is 55.3 Å². The minimum atomic E-state index is -0.445. The van der Waals surface area contributed by atoms with Gasteiger partial charge in [0.05, 0.1) is 12.0 Å². The zero-order chi connectivity index (χ0) is 22.4. The lowest BCUT2D eigenvalue weighted by Crippen LogP contribution is -2.46. The van der Waals surface area contributed by atoms with Crippen LogP contribution in [-0.4, -0.2) is 40.5 Å². The molecule has 0 N–H and O–H groups in total. The van der Waals surface area contributed by atoms with Crippen molar-refractivity contribution in [1.82, 2.24) is 14.9 Å². The Morgan fingerprint density at radius 3 is 2.28 bits per heavy atom. The first-order valence-electron chi connectivity index (χ1n) is 11.4. The van der Waals surface area contributed by atoms with E-state index >= 15 is 0 Å². The number of esters is 1. The van der Waals surface area contributed by atoms with Crippen molar-refractivity contribution in [3.63, 3.8) is 0 Å². The molecule has 32 heavy (non-hydrogen) atoms. The molecule has 5 nitrogen and oxygen atoms in total. The van der Waals surface area contributed by atoms with E-state index in [-0.39, 0.29) is 5.97 Å². The number of piperidine rings is 1. The van der Waals surface area contributed by atoms with Crippen molar-refractivity contribution < 1.29 is 9.53 Å². The van der Waals surface area contributed by atoms with Crippen molar-refractivity contribution in [2.75, 3.05) is 19.7 Å².